The van der Waals surface area contributed by atoms with Crippen molar-refractivity contribution in [3.8, 4) is 0 Å². The molecule has 0 unspecified atom stereocenters. The Bertz CT molecular complexity index is 385. The Morgan fingerprint density at radius 1 is 1.50 bits per heavy atom. The quantitative estimate of drug-likeness (QED) is 0.534. The van der Waals surface area contributed by atoms with Crippen LogP contribution in [0.5, 0.6) is 0 Å². The SMILES string of the molecule is COC(=O)c1c(F)ccc(C)c1C=O. The van der Waals surface area contributed by atoms with Crippen LogP contribution in [0.25, 0.3) is 0 Å². The second-order valence-corrected chi connectivity index (χ2v) is 2.76. The summed E-state index contributed by atoms with van der Waals surface area (Å²) in [6.07, 6.45) is 0.449. The molecule has 74 valence electrons. The van der Waals surface area contributed by atoms with Gasteiger partial charge in [-0.1, -0.05) is 6.07 Å². The first-order valence-corrected chi connectivity index (χ1v) is 3.94. The van der Waals surface area contributed by atoms with E-state index in [0.29, 0.717) is 11.8 Å². The van der Waals surface area contributed by atoms with Crippen LogP contribution < -0.4 is 0 Å². The average molecular weight is 196 g/mol. The number of esters is 1. The molecule has 14 heavy (non-hydrogen) atoms. The molecule has 0 saturated carbocycles. The van der Waals surface area contributed by atoms with E-state index in [-0.39, 0.29) is 11.1 Å². The fraction of sp³-hybridized carbons (Fsp3) is 0.200. The Kier molecular flexibility index (Phi) is 2.96. The molecule has 0 fully saturated rings. The van der Waals surface area contributed by atoms with Crippen LogP contribution in [0.3, 0.4) is 0 Å². The Balaban J connectivity index is 3.44. The third-order valence-corrected chi connectivity index (χ3v) is 1.92. The van der Waals surface area contributed by atoms with Crippen LogP contribution in [0.4, 0.5) is 4.39 Å². The number of hydrogen-bond acceptors (Lipinski definition) is 3. The monoisotopic (exact) mass is 196 g/mol. The Morgan fingerprint density at radius 2 is 2.14 bits per heavy atom. The van der Waals surface area contributed by atoms with Crippen LogP contribution in [0.2, 0.25) is 0 Å². The zero-order chi connectivity index (χ0) is 10.7. The van der Waals surface area contributed by atoms with Crippen molar-refractivity contribution in [2.45, 2.75) is 6.92 Å². The number of hydrogen-bond donors (Lipinski definition) is 0. The Labute approximate surface area is 80.5 Å². The average Bonchev–Trinajstić information content (AvgIpc) is 2.19. The summed E-state index contributed by atoms with van der Waals surface area (Å²) in [4.78, 5) is 21.8. The third-order valence-electron chi connectivity index (χ3n) is 1.92. The van der Waals surface area contributed by atoms with Gasteiger partial charge in [0.05, 0.1) is 7.11 Å². The molecule has 0 aliphatic heterocycles. The second kappa shape index (κ2) is 4.00. The molecule has 0 amide bonds. The molecular weight excluding hydrogens is 187 g/mol. The largest absolute Gasteiger partial charge is 0.465 e. The van der Waals surface area contributed by atoms with Gasteiger partial charge >= 0.3 is 5.97 Å². The fourth-order valence-electron chi connectivity index (χ4n) is 1.16. The van der Waals surface area contributed by atoms with E-state index in [2.05, 4.69) is 4.74 Å². The van der Waals surface area contributed by atoms with Crippen molar-refractivity contribution in [1.82, 2.24) is 0 Å². The van der Waals surface area contributed by atoms with Crippen LogP contribution in [-0.4, -0.2) is 19.4 Å². The van der Waals surface area contributed by atoms with Crippen molar-refractivity contribution >= 4 is 12.3 Å². The number of aldehydes is 1. The van der Waals surface area contributed by atoms with Crippen LogP contribution in [0.15, 0.2) is 12.1 Å². The lowest BCUT2D eigenvalue weighted by Gasteiger charge is -2.06. The molecule has 0 bridgehead atoms. The highest BCUT2D eigenvalue weighted by Crippen LogP contribution is 2.17. The number of methoxy groups -OCH3 is 1. The van der Waals surface area contributed by atoms with Gasteiger partial charge < -0.3 is 4.74 Å². The van der Waals surface area contributed by atoms with Crippen molar-refractivity contribution in [3.05, 3.63) is 34.6 Å². The van der Waals surface area contributed by atoms with Crippen molar-refractivity contribution < 1.29 is 18.7 Å². The second-order valence-electron chi connectivity index (χ2n) is 2.76. The summed E-state index contributed by atoms with van der Waals surface area (Å²) in [5, 5.41) is 0. The number of aryl methyl sites for hydroxylation is 1. The maximum Gasteiger partial charge on any atom is 0.341 e. The zero-order valence-electron chi connectivity index (χ0n) is 7.83. The Hall–Kier alpha value is -1.71. The van der Waals surface area contributed by atoms with E-state index >= 15 is 0 Å². The lowest BCUT2D eigenvalue weighted by atomic mass is 10.0. The summed E-state index contributed by atoms with van der Waals surface area (Å²) in [6, 6.07) is 2.57. The number of carbonyl (C=O) groups excluding carboxylic acids is 2. The normalized spacial score (nSPS) is 9.64. The first kappa shape index (κ1) is 10.4. The zero-order valence-corrected chi connectivity index (χ0v) is 7.83. The maximum atomic E-state index is 13.2. The molecule has 4 heteroatoms. The molecule has 0 N–H and O–H groups in total. The van der Waals surface area contributed by atoms with Crippen molar-refractivity contribution in [3.63, 3.8) is 0 Å². The van der Waals surface area contributed by atoms with Gasteiger partial charge in [-0.2, -0.15) is 0 Å². The molecule has 1 aromatic rings. The topological polar surface area (TPSA) is 43.4 Å². The Morgan fingerprint density at radius 3 is 2.64 bits per heavy atom. The van der Waals surface area contributed by atoms with Crippen molar-refractivity contribution in [1.29, 1.82) is 0 Å². The predicted octanol–water partition coefficient (Wildman–Crippen LogP) is 1.73. The highest BCUT2D eigenvalue weighted by molar-refractivity contribution is 5.99. The summed E-state index contributed by atoms with van der Waals surface area (Å²) in [5.74, 6) is -1.59. The minimum atomic E-state index is -0.840. The number of ether oxygens (including phenoxy) is 1. The van der Waals surface area contributed by atoms with Crippen molar-refractivity contribution in [2.24, 2.45) is 0 Å². The summed E-state index contributed by atoms with van der Waals surface area (Å²) >= 11 is 0. The van der Waals surface area contributed by atoms with Gasteiger partial charge in [-0.3, -0.25) is 4.79 Å². The van der Waals surface area contributed by atoms with Gasteiger partial charge in [-0.05, 0) is 18.6 Å². The van der Waals surface area contributed by atoms with Crippen molar-refractivity contribution in [2.75, 3.05) is 7.11 Å². The smallest absolute Gasteiger partial charge is 0.341 e. The van der Waals surface area contributed by atoms with E-state index in [0.717, 1.165) is 13.2 Å². The minimum Gasteiger partial charge on any atom is -0.465 e. The molecule has 0 aromatic heterocycles. The van der Waals surface area contributed by atoms with E-state index in [4.69, 9.17) is 0 Å². The summed E-state index contributed by atoms with van der Waals surface area (Å²) in [7, 11) is 1.14. The molecule has 1 aromatic carbocycles. The predicted molar refractivity (Wildman–Crippen MR) is 47.9 cm³/mol. The summed E-state index contributed by atoms with van der Waals surface area (Å²) in [6.45, 7) is 1.62. The van der Waals surface area contributed by atoms with E-state index in [1.807, 2.05) is 0 Å². The minimum absolute atomic E-state index is 0.0388. The molecule has 0 spiro atoms. The maximum absolute atomic E-state index is 13.2. The van der Waals surface area contributed by atoms with Gasteiger partial charge in [0.15, 0.2) is 6.29 Å². The van der Waals surface area contributed by atoms with E-state index in [9.17, 15) is 14.0 Å². The third kappa shape index (κ3) is 1.64. The molecule has 0 aliphatic rings. The molecule has 0 radical (unpaired) electrons. The molecule has 1 rings (SSSR count). The molecular formula is C10H9FO3. The van der Waals surface area contributed by atoms with Crippen LogP contribution in [0.1, 0.15) is 26.3 Å². The first-order chi connectivity index (χ1) is 6.61. The number of halogens is 1. The number of benzene rings is 1. The molecule has 0 aliphatic carbocycles. The van der Waals surface area contributed by atoms with E-state index in [1.54, 1.807) is 6.92 Å². The summed E-state index contributed by atoms with van der Waals surface area (Å²) < 4.78 is 17.6. The molecule has 0 atom stereocenters. The van der Waals surface area contributed by atoms with Gasteiger partial charge in [0.2, 0.25) is 0 Å². The standard InChI is InChI=1S/C10H9FO3/c1-6-3-4-8(11)9(7(6)5-12)10(13)14-2/h3-5H,1-2H3. The molecule has 3 nitrogen and oxygen atoms in total. The van der Waals surface area contributed by atoms with E-state index < -0.39 is 11.8 Å². The van der Waals surface area contributed by atoms with Gasteiger partial charge in [0, 0.05) is 5.56 Å². The number of carbonyl (C=O) groups is 2. The van der Waals surface area contributed by atoms with E-state index in [1.165, 1.54) is 6.07 Å². The van der Waals surface area contributed by atoms with Crippen LogP contribution in [-0.2, 0) is 4.74 Å². The number of rotatable bonds is 2. The first-order valence-electron chi connectivity index (χ1n) is 3.94. The lowest BCUT2D eigenvalue weighted by molar-refractivity contribution is 0.0593. The van der Waals surface area contributed by atoms with Gasteiger partial charge in [0.25, 0.3) is 0 Å². The highest BCUT2D eigenvalue weighted by atomic mass is 19.1. The fourth-order valence-corrected chi connectivity index (χ4v) is 1.16. The van der Waals surface area contributed by atoms with Gasteiger partial charge in [-0.25, -0.2) is 9.18 Å². The lowest BCUT2D eigenvalue weighted by Crippen LogP contribution is -2.09. The molecule has 0 saturated heterocycles. The van der Waals surface area contributed by atoms with Crippen LogP contribution in [0, 0.1) is 12.7 Å². The van der Waals surface area contributed by atoms with Crippen LogP contribution >= 0.6 is 0 Å². The molecule has 0 heterocycles. The summed E-state index contributed by atoms with van der Waals surface area (Å²) in [5.41, 5.74) is 0.279. The highest BCUT2D eigenvalue weighted by Gasteiger charge is 2.18. The van der Waals surface area contributed by atoms with Gasteiger partial charge in [0.1, 0.15) is 11.4 Å². The van der Waals surface area contributed by atoms with Gasteiger partial charge in [-0.15, -0.1) is 0 Å².